The van der Waals surface area contributed by atoms with Crippen LogP contribution in [0.2, 0.25) is 0 Å². The van der Waals surface area contributed by atoms with Crippen molar-refractivity contribution in [3.8, 4) is 11.8 Å². The van der Waals surface area contributed by atoms with Gasteiger partial charge in [0.1, 0.15) is 17.5 Å². The average molecular weight is 415 g/mol. The Hall–Kier alpha value is -3.51. The number of aryl methyl sites for hydroxylation is 1. The summed E-state index contributed by atoms with van der Waals surface area (Å²) in [4.78, 5) is 26.0. The van der Waals surface area contributed by atoms with Crippen LogP contribution in [0.4, 0.5) is 29.5 Å². The smallest absolute Gasteiger partial charge is 0.438 e. The molecule has 0 bridgehead atoms. The zero-order valence-electron chi connectivity index (χ0n) is 15.0. The van der Waals surface area contributed by atoms with Crippen molar-refractivity contribution in [3.63, 3.8) is 0 Å². The number of anilines is 1. The fraction of sp³-hybridized carbons (Fsp3) is 0.375. The van der Waals surface area contributed by atoms with Crippen LogP contribution in [0.3, 0.4) is 0 Å². The average Bonchev–Trinajstić information content (AvgIpc) is 3.04. The van der Waals surface area contributed by atoms with Crippen molar-refractivity contribution < 1.29 is 32.4 Å². The van der Waals surface area contributed by atoms with Gasteiger partial charge in [0.25, 0.3) is 0 Å². The van der Waals surface area contributed by atoms with Crippen LogP contribution in [0.5, 0.6) is 11.8 Å². The number of carbonyl (C=O) groups is 1. The van der Waals surface area contributed by atoms with Gasteiger partial charge in [0.05, 0.1) is 6.54 Å². The number of aromatic nitrogens is 2. The first kappa shape index (κ1) is 20.2. The minimum Gasteiger partial charge on any atom is -0.438 e. The Morgan fingerprint density at radius 3 is 2.72 bits per heavy atom. The number of imidazole rings is 1. The van der Waals surface area contributed by atoms with Crippen LogP contribution < -0.4 is 20.1 Å². The maximum Gasteiger partial charge on any atom is 0.573 e. The number of alkyl halides is 3. The molecule has 1 aromatic heterocycles. The van der Waals surface area contributed by atoms with Gasteiger partial charge >= 0.3 is 24.2 Å². The first-order valence-electron chi connectivity index (χ1n) is 8.34. The molecule has 3 rings (SSSR count). The molecule has 13 heteroatoms. The van der Waals surface area contributed by atoms with E-state index in [4.69, 9.17) is 4.74 Å². The summed E-state index contributed by atoms with van der Waals surface area (Å²) in [7, 11) is 0. The fourth-order valence-electron chi connectivity index (χ4n) is 2.65. The Kier molecular flexibility index (Phi) is 5.22. The van der Waals surface area contributed by atoms with Gasteiger partial charge in [-0.05, 0) is 36.1 Å². The number of nitrogens with zero attached hydrogens (tertiary/aromatic N) is 3. The molecule has 1 aromatic carbocycles. The highest BCUT2D eigenvalue weighted by atomic mass is 19.4. The molecule has 0 radical (unpaired) electrons. The van der Waals surface area contributed by atoms with Gasteiger partial charge in [-0.25, -0.2) is 4.79 Å². The van der Waals surface area contributed by atoms with Crippen LogP contribution in [0, 0.1) is 10.1 Å². The third kappa shape index (κ3) is 5.27. The highest BCUT2D eigenvalue weighted by molar-refractivity contribution is 5.89. The second kappa shape index (κ2) is 7.48. The number of ether oxygens (including phenoxy) is 2. The molecule has 1 unspecified atom stereocenters. The molecule has 1 aliphatic rings. The summed E-state index contributed by atoms with van der Waals surface area (Å²) in [5, 5.41) is 15.9. The molecule has 2 heterocycles. The summed E-state index contributed by atoms with van der Waals surface area (Å²) in [6.45, 7) is 2.23. The summed E-state index contributed by atoms with van der Waals surface area (Å²) in [5.74, 6) is -0.732. The van der Waals surface area contributed by atoms with Gasteiger partial charge in [-0.2, -0.15) is 0 Å². The van der Waals surface area contributed by atoms with Crippen molar-refractivity contribution in [2.24, 2.45) is 0 Å². The number of hydrogen-bond acceptors (Lipinski definition) is 6. The van der Waals surface area contributed by atoms with Gasteiger partial charge in [-0.15, -0.1) is 13.2 Å². The van der Waals surface area contributed by atoms with Gasteiger partial charge < -0.3 is 30.2 Å². The minimum atomic E-state index is -4.79. The van der Waals surface area contributed by atoms with E-state index in [1.54, 1.807) is 6.92 Å². The Bertz CT molecular complexity index is 915. The van der Waals surface area contributed by atoms with Crippen LogP contribution in [-0.4, -0.2) is 39.0 Å². The second-order valence-electron chi connectivity index (χ2n) is 6.51. The minimum absolute atomic E-state index is 0.0781. The standard InChI is InChI=1S/C16H16F3N5O5/c1-15(6-7-23-8-12(24(26)27)22-14(23)29-15)9-20-13(25)21-10-2-4-11(5-3-10)28-16(17,18)19/h2-5,8H,6-7,9H2,1H3,(H2,20,21,25). The summed E-state index contributed by atoms with van der Waals surface area (Å²) in [6.07, 6.45) is -3.05. The van der Waals surface area contributed by atoms with E-state index in [9.17, 15) is 28.1 Å². The Morgan fingerprint density at radius 2 is 2.10 bits per heavy atom. The molecule has 0 aliphatic carbocycles. The molecule has 29 heavy (non-hydrogen) atoms. The highest BCUT2D eigenvalue weighted by Crippen LogP contribution is 2.29. The summed E-state index contributed by atoms with van der Waals surface area (Å²) in [6, 6.07) is 4.15. The Morgan fingerprint density at radius 1 is 1.41 bits per heavy atom. The van der Waals surface area contributed by atoms with Crippen LogP contribution in [0.15, 0.2) is 30.5 Å². The molecule has 1 aliphatic heterocycles. The summed E-state index contributed by atoms with van der Waals surface area (Å²) < 4.78 is 47.4. The van der Waals surface area contributed by atoms with E-state index in [2.05, 4.69) is 20.4 Å². The molecular formula is C16H16F3N5O5. The zero-order chi connectivity index (χ0) is 21.2. The predicted molar refractivity (Wildman–Crippen MR) is 92.7 cm³/mol. The van der Waals surface area contributed by atoms with Crippen molar-refractivity contribution >= 4 is 17.5 Å². The predicted octanol–water partition coefficient (Wildman–Crippen LogP) is 3.05. The van der Waals surface area contributed by atoms with E-state index < -0.39 is 28.7 Å². The largest absolute Gasteiger partial charge is 0.573 e. The molecular weight excluding hydrogens is 399 g/mol. The summed E-state index contributed by atoms with van der Waals surface area (Å²) in [5.41, 5.74) is -0.574. The lowest BCUT2D eigenvalue weighted by atomic mass is 10.0. The van der Waals surface area contributed by atoms with E-state index >= 15 is 0 Å². The highest BCUT2D eigenvalue weighted by Gasteiger charge is 2.37. The lowest BCUT2D eigenvalue weighted by Crippen LogP contribution is -2.49. The number of benzene rings is 1. The number of nitrogens with one attached hydrogen (secondary N) is 2. The molecule has 0 fully saturated rings. The van der Waals surface area contributed by atoms with Gasteiger partial charge in [0.2, 0.25) is 0 Å². The van der Waals surface area contributed by atoms with Gasteiger partial charge in [-0.3, -0.25) is 4.57 Å². The second-order valence-corrected chi connectivity index (χ2v) is 6.51. The number of nitro groups is 1. The van der Waals surface area contributed by atoms with Crippen molar-refractivity contribution in [1.29, 1.82) is 0 Å². The van der Waals surface area contributed by atoms with Crippen molar-refractivity contribution in [2.75, 3.05) is 11.9 Å². The van der Waals surface area contributed by atoms with Crippen molar-refractivity contribution in [2.45, 2.75) is 31.9 Å². The van der Waals surface area contributed by atoms with E-state index in [1.165, 1.54) is 22.9 Å². The lowest BCUT2D eigenvalue weighted by molar-refractivity contribution is -0.389. The number of rotatable bonds is 5. The van der Waals surface area contributed by atoms with Gasteiger partial charge in [-0.1, -0.05) is 0 Å². The summed E-state index contributed by atoms with van der Waals surface area (Å²) >= 11 is 0. The SMILES string of the molecule is CC1(CNC(=O)Nc2ccc(OC(F)(F)F)cc2)CCn2cc([N+](=O)[O-])nc2O1. The maximum absolute atomic E-state index is 12.1. The maximum atomic E-state index is 12.1. The number of carbonyl (C=O) groups excluding carboxylic acids is 1. The zero-order valence-corrected chi connectivity index (χ0v) is 15.0. The topological polar surface area (TPSA) is 121 Å². The van der Waals surface area contributed by atoms with E-state index in [0.29, 0.717) is 13.0 Å². The molecule has 0 saturated heterocycles. The number of hydrogen-bond donors (Lipinski definition) is 2. The van der Waals surface area contributed by atoms with E-state index in [1.807, 2.05) is 0 Å². The van der Waals surface area contributed by atoms with Gasteiger partial charge in [0.15, 0.2) is 0 Å². The van der Waals surface area contributed by atoms with Crippen LogP contribution in [0.1, 0.15) is 13.3 Å². The third-order valence-corrected chi connectivity index (χ3v) is 4.10. The quantitative estimate of drug-likeness (QED) is 0.572. The number of amides is 2. The number of halogens is 3. The third-order valence-electron chi connectivity index (χ3n) is 4.10. The van der Waals surface area contributed by atoms with Crippen LogP contribution in [0.25, 0.3) is 0 Å². The van der Waals surface area contributed by atoms with Crippen LogP contribution >= 0.6 is 0 Å². The normalized spacial score (nSPS) is 18.3. The van der Waals surface area contributed by atoms with Crippen LogP contribution in [-0.2, 0) is 6.54 Å². The number of fused-ring (bicyclic) bond motifs is 1. The molecule has 0 saturated carbocycles. The molecule has 2 aromatic rings. The number of urea groups is 1. The first-order chi connectivity index (χ1) is 13.5. The molecule has 1 atom stereocenters. The monoisotopic (exact) mass is 415 g/mol. The molecule has 2 N–H and O–H groups in total. The van der Waals surface area contributed by atoms with Crippen molar-refractivity contribution in [3.05, 3.63) is 40.6 Å². The van der Waals surface area contributed by atoms with E-state index in [0.717, 1.165) is 12.1 Å². The molecule has 0 spiro atoms. The lowest BCUT2D eigenvalue weighted by Gasteiger charge is -2.32. The van der Waals surface area contributed by atoms with E-state index in [-0.39, 0.29) is 24.1 Å². The van der Waals surface area contributed by atoms with Crippen molar-refractivity contribution in [1.82, 2.24) is 14.9 Å². The molecule has 2 amide bonds. The fourth-order valence-corrected chi connectivity index (χ4v) is 2.65. The molecule has 156 valence electrons. The Labute approximate surface area is 161 Å². The first-order valence-corrected chi connectivity index (χ1v) is 8.34. The Balaban J connectivity index is 1.53. The van der Waals surface area contributed by atoms with Gasteiger partial charge in [0, 0.05) is 23.6 Å². The molecule has 10 nitrogen and oxygen atoms in total.